The van der Waals surface area contributed by atoms with Crippen LogP contribution in [0.4, 0.5) is 5.82 Å². The molecule has 2 fully saturated rings. The lowest BCUT2D eigenvalue weighted by atomic mass is 9.97. The molecule has 1 atom stereocenters. The quantitative estimate of drug-likeness (QED) is 0.765. The molecule has 3 heterocycles. The van der Waals surface area contributed by atoms with Crippen molar-refractivity contribution in [2.75, 3.05) is 30.3 Å². The standard InChI is InChI=1S/C19H28N4O3S/c1-3-27(25,26)22-10-4-5-15(12-22)18-20-13(2)16-8-9-17(24)23(19(16)21-18)11-14-6-7-14/h14-15H,3-12H2,1-2H3/t15-/m1/s1. The highest BCUT2D eigenvalue weighted by Crippen LogP contribution is 2.36. The number of anilines is 1. The zero-order valence-electron chi connectivity index (χ0n) is 16.1. The smallest absolute Gasteiger partial charge is 0.228 e. The molecule has 148 valence electrons. The van der Waals surface area contributed by atoms with Gasteiger partial charge in [-0.1, -0.05) is 0 Å². The number of hydrogen-bond donors (Lipinski definition) is 0. The molecule has 27 heavy (non-hydrogen) atoms. The van der Waals surface area contributed by atoms with Crippen LogP contribution >= 0.6 is 0 Å². The van der Waals surface area contributed by atoms with Gasteiger partial charge in [-0.2, -0.15) is 0 Å². The number of fused-ring (bicyclic) bond motifs is 1. The van der Waals surface area contributed by atoms with Crippen LogP contribution in [0, 0.1) is 12.8 Å². The van der Waals surface area contributed by atoms with E-state index in [1.165, 1.54) is 12.8 Å². The zero-order chi connectivity index (χ0) is 19.2. The lowest BCUT2D eigenvalue weighted by Crippen LogP contribution is -2.41. The minimum atomic E-state index is -3.20. The van der Waals surface area contributed by atoms with Crippen molar-refractivity contribution in [2.24, 2.45) is 5.92 Å². The van der Waals surface area contributed by atoms with Gasteiger partial charge in [-0.3, -0.25) is 9.69 Å². The first kappa shape index (κ1) is 18.8. The maximum atomic E-state index is 12.5. The number of carbonyl (C=O) groups is 1. The molecule has 1 saturated heterocycles. The van der Waals surface area contributed by atoms with Gasteiger partial charge in [0.1, 0.15) is 11.6 Å². The van der Waals surface area contributed by atoms with Gasteiger partial charge in [0.05, 0.1) is 5.75 Å². The lowest BCUT2D eigenvalue weighted by molar-refractivity contribution is -0.119. The zero-order valence-corrected chi connectivity index (χ0v) is 17.0. The van der Waals surface area contributed by atoms with E-state index in [-0.39, 0.29) is 17.6 Å². The van der Waals surface area contributed by atoms with E-state index < -0.39 is 10.0 Å². The Morgan fingerprint density at radius 1 is 1.15 bits per heavy atom. The summed E-state index contributed by atoms with van der Waals surface area (Å²) >= 11 is 0. The van der Waals surface area contributed by atoms with Gasteiger partial charge in [0.15, 0.2) is 0 Å². The van der Waals surface area contributed by atoms with Gasteiger partial charge in [-0.05, 0) is 51.9 Å². The molecule has 0 spiro atoms. The van der Waals surface area contributed by atoms with E-state index in [1.54, 1.807) is 11.2 Å². The second-order valence-electron chi connectivity index (χ2n) is 8.01. The fourth-order valence-electron chi connectivity index (χ4n) is 4.12. The maximum absolute atomic E-state index is 12.5. The largest absolute Gasteiger partial charge is 0.296 e. The average molecular weight is 393 g/mol. The van der Waals surface area contributed by atoms with Crippen molar-refractivity contribution < 1.29 is 13.2 Å². The summed E-state index contributed by atoms with van der Waals surface area (Å²) < 4.78 is 26.1. The molecule has 1 aromatic heterocycles. The highest BCUT2D eigenvalue weighted by molar-refractivity contribution is 7.89. The van der Waals surface area contributed by atoms with Gasteiger partial charge < -0.3 is 0 Å². The third-order valence-electron chi connectivity index (χ3n) is 6.00. The molecule has 8 heteroatoms. The molecule has 0 radical (unpaired) electrons. The SMILES string of the molecule is CCS(=O)(=O)N1CCC[C@@H](c2nc(C)c3c(n2)N(CC2CC2)C(=O)CC3)C1. The molecule has 0 N–H and O–H groups in total. The summed E-state index contributed by atoms with van der Waals surface area (Å²) in [6, 6.07) is 0. The lowest BCUT2D eigenvalue weighted by Gasteiger charge is -2.33. The Hall–Kier alpha value is -1.54. The number of aromatic nitrogens is 2. The third-order valence-corrected chi connectivity index (χ3v) is 7.85. The molecule has 1 aromatic rings. The van der Waals surface area contributed by atoms with Crippen molar-refractivity contribution in [1.82, 2.24) is 14.3 Å². The second kappa shape index (κ2) is 7.13. The predicted octanol–water partition coefficient (Wildman–Crippen LogP) is 2.00. The Kier molecular flexibility index (Phi) is 4.96. The second-order valence-corrected chi connectivity index (χ2v) is 10.3. The summed E-state index contributed by atoms with van der Waals surface area (Å²) in [7, 11) is -3.20. The number of rotatable bonds is 5. The van der Waals surface area contributed by atoms with Gasteiger partial charge in [-0.15, -0.1) is 0 Å². The van der Waals surface area contributed by atoms with Crippen LogP contribution in [0.1, 0.15) is 62.0 Å². The van der Waals surface area contributed by atoms with Crippen LogP contribution in [-0.4, -0.2) is 54.0 Å². The van der Waals surface area contributed by atoms with E-state index in [0.29, 0.717) is 37.7 Å². The van der Waals surface area contributed by atoms with Gasteiger partial charge >= 0.3 is 0 Å². The van der Waals surface area contributed by atoms with Gasteiger partial charge in [-0.25, -0.2) is 22.7 Å². The van der Waals surface area contributed by atoms with Crippen LogP contribution in [0.2, 0.25) is 0 Å². The first-order valence-electron chi connectivity index (χ1n) is 10.0. The molecule has 3 aliphatic rings. The molecule has 1 saturated carbocycles. The van der Waals surface area contributed by atoms with Crippen molar-refractivity contribution in [3.63, 3.8) is 0 Å². The van der Waals surface area contributed by atoms with Crippen molar-refractivity contribution in [2.45, 2.75) is 58.3 Å². The van der Waals surface area contributed by atoms with E-state index in [4.69, 9.17) is 9.97 Å². The number of nitrogens with zero attached hydrogens (tertiary/aromatic N) is 4. The molecule has 0 unspecified atom stereocenters. The van der Waals surface area contributed by atoms with E-state index in [2.05, 4.69) is 0 Å². The predicted molar refractivity (Wildman–Crippen MR) is 103 cm³/mol. The molecule has 1 aliphatic carbocycles. The average Bonchev–Trinajstić information content (AvgIpc) is 3.48. The van der Waals surface area contributed by atoms with Crippen LogP contribution in [0.5, 0.6) is 0 Å². The number of sulfonamides is 1. The van der Waals surface area contributed by atoms with Crippen LogP contribution in [0.15, 0.2) is 0 Å². The summed E-state index contributed by atoms with van der Waals surface area (Å²) in [4.78, 5) is 23.9. The summed E-state index contributed by atoms with van der Waals surface area (Å²) in [6.45, 7) is 5.43. The Morgan fingerprint density at radius 3 is 2.63 bits per heavy atom. The molecule has 4 rings (SSSR count). The van der Waals surface area contributed by atoms with Crippen LogP contribution in [0.3, 0.4) is 0 Å². The number of amides is 1. The van der Waals surface area contributed by atoms with Gasteiger partial charge in [0.25, 0.3) is 0 Å². The molecule has 1 amide bonds. The molecular weight excluding hydrogens is 364 g/mol. The number of aryl methyl sites for hydroxylation is 1. The van der Waals surface area contributed by atoms with E-state index >= 15 is 0 Å². The minimum absolute atomic E-state index is 0.0103. The van der Waals surface area contributed by atoms with Crippen LogP contribution < -0.4 is 4.90 Å². The first-order valence-corrected chi connectivity index (χ1v) is 11.7. The van der Waals surface area contributed by atoms with E-state index in [0.717, 1.165) is 36.5 Å². The Balaban J connectivity index is 1.65. The Labute approximate surface area is 161 Å². The summed E-state index contributed by atoms with van der Waals surface area (Å²) in [6.07, 6.45) is 5.28. The highest BCUT2D eigenvalue weighted by atomic mass is 32.2. The van der Waals surface area contributed by atoms with E-state index in [1.807, 2.05) is 11.8 Å². The fraction of sp³-hybridized carbons (Fsp3) is 0.737. The fourth-order valence-corrected chi connectivity index (χ4v) is 5.30. The van der Waals surface area contributed by atoms with E-state index in [9.17, 15) is 13.2 Å². The summed E-state index contributed by atoms with van der Waals surface area (Å²) in [5.74, 6) is 2.32. The highest BCUT2D eigenvalue weighted by Gasteiger charge is 2.35. The molecular formula is C19H28N4O3S. The summed E-state index contributed by atoms with van der Waals surface area (Å²) in [5, 5.41) is 0. The molecule has 0 aromatic carbocycles. The Bertz CT molecular complexity index is 851. The van der Waals surface area contributed by atoms with Gasteiger partial charge in [0.2, 0.25) is 15.9 Å². The topological polar surface area (TPSA) is 83.5 Å². The van der Waals surface area contributed by atoms with Crippen LogP contribution in [-0.2, 0) is 21.2 Å². The third kappa shape index (κ3) is 3.74. The van der Waals surface area contributed by atoms with Crippen molar-refractivity contribution in [1.29, 1.82) is 0 Å². The number of carbonyl (C=O) groups excluding carboxylic acids is 1. The number of hydrogen-bond acceptors (Lipinski definition) is 5. The monoisotopic (exact) mass is 392 g/mol. The number of piperidine rings is 1. The first-order chi connectivity index (χ1) is 12.9. The molecule has 7 nitrogen and oxygen atoms in total. The maximum Gasteiger partial charge on any atom is 0.228 e. The van der Waals surface area contributed by atoms with Crippen molar-refractivity contribution >= 4 is 21.7 Å². The normalized spacial score (nSPS) is 24.1. The van der Waals surface area contributed by atoms with Crippen molar-refractivity contribution in [3.8, 4) is 0 Å². The van der Waals surface area contributed by atoms with Crippen LogP contribution in [0.25, 0.3) is 0 Å². The summed E-state index contributed by atoms with van der Waals surface area (Å²) in [5.41, 5.74) is 2.01. The minimum Gasteiger partial charge on any atom is -0.296 e. The van der Waals surface area contributed by atoms with Crippen molar-refractivity contribution in [3.05, 3.63) is 17.1 Å². The molecule has 0 bridgehead atoms. The molecule has 2 aliphatic heterocycles. The van der Waals surface area contributed by atoms with Gasteiger partial charge in [0, 0.05) is 43.2 Å². The Morgan fingerprint density at radius 2 is 1.93 bits per heavy atom.